The lowest BCUT2D eigenvalue weighted by atomic mass is 9.49. The lowest BCUT2D eigenvalue weighted by Crippen LogP contribution is -2.74. The number of hydrogen-bond acceptors (Lipinski definition) is 5. The monoisotopic (exact) mass is 535 g/mol. The van der Waals surface area contributed by atoms with Crippen LogP contribution >= 0.6 is 11.6 Å². The van der Waals surface area contributed by atoms with Gasteiger partial charge >= 0.3 is 0 Å². The average molecular weight is 536 g/mol. The van der Waals surface area contributed by atoms with E-state index < -0.39 is 0 Å². The van der Waals surface area contributed by atoms with Gasteiger partial charge in [0, 0.05) is 73.9 Å². The minimum Gasteiger partial charge on any atom is -0.489 e. The summed E-state index contributed by atoms with van der Waals surface area (Å²) in [5.41, 5.74) is 1.67. The van der Waals surface area contributed by atoms with Gasteiger partial charge in [-0.05, 0) is 42.3 Å². The van der Waals surface area contributed by atoms with Gasteiger partial charge < -0.3 is 20.3 Å². The minimum absolute atomic E-state index is 0.0652. The van der Waals surface area contributed by atoms with Crippen LogP contribution < -0.4 is 20.3 Å². The first-order valence-corrected chi connectivity index (χ1v) is 13.9. The summed E-state index contributed by atoms with van der Waals surface area (Å²) in [6.07, 6.45) is -0.128. The average Bonchev–Trinajstić information content (AvgIpc) is 2.88. The highest BCUT2D eigenvalue weighted by molar-refractivity contribution is 6.33. The molecule has 0 unspecified atom stereocenters. The molecule has 0 aromatic heterocycles. The fraction of sp³-hybridized carbons (Fsp3) is 0.533. The van der Waals surface area contributed by atoms with Gasteiger partial charge in [0.25, 0.3) is 5.91 Å². The molecule has 1 saturated carbocycles. The number of anilines is 1. The molecule has 2 aromatic rings. The van der Waals surface area contributed by atoms with E-state index >= 15 is 0 Å². The van der Waals surface area contributed by atoms with Crippen molar-refractivity contribution in [2.45, 2.75) is 39.8 Å². The number of carbonyl (C=O) groups excluding carboxylic acids is 1. The molecular weight excluding hydrogens is 498 g/mol. The van der Waals surface area contributed by atoms with Crippen LogP contribution in [-0.4, -0.2) is 68.8 Å². The van der Waals surface area contributed by atoms with Gasteiger partial charge in [-0.25, -0.2) is 4.85 Å². The van der Waals surface area contributed by atoms with Crippen LogP contribution in [0.15, 0.2) is 42.5 Å². The van der Waals surface area contributed by atoms with Crippen molar-refractivity contribution in [3.63, 3.8) is 0 Å². The summed E-state index contributed by atoms with van der Waals surface area (Å²) in [6, 6.07) is 13.1. The summed E-state index contributed by atoms with van der Waals surface area (Å²) in [6.45, 7) is 23.4. The van der Waals surface area contributed by atoms with E-state index in [9.17, 15) is 4.79 Å². The molecular formula is C30H38ClN5O2. The first kappa shape index (κ1) is 26.8. The van der Waals surface area contributed by atoms with Gasteiger partial charge in [0.2, 0.25) is 5.69 Å². The van der Waals surface area contributed by atoms with Crippen LogP contribution in [0.4, 0.5) is 11.4 Å². The van der Waals surface area contributed by atoms with Gasteiger partial charge in [-0.2, -0.15) is 0 Å². The topological polar surface area (TPSA) is 61.2 Å². The third kappa shape index (κ3) is 5.10. The van der Waals surface area contributed by atoms with Gasteiger partial charge in [0.15, 0.2) is 0 Å². The van der Waals surface area contributed by atoms with Crippen LogP contribution in [0.25, 0.3) is 4.85 Å². The molecule has 0 atom stereocenters. The molecule has 2 aromatic carbocycles. The molecule has 3 aliphatic rings. The van der Waals surface area contributed by atoms with Crippen molar-refractivity contribution >= 4 is 28.9 Å². The van der Waals surface area contributed by atoms with Crippen molar-refractivity contribution in [3.05, 3.63) is 64.5 Å². The van der Waals surface area contributed by atoms with E-state index in [1.54, 1.807) is 18.2 Å². The van der Waals surface area contributed by atoms with Crippen LogP contribution in [0.2, 0.25) is 5.02 Å². The van der Waals surface area contributed by atoms with E-state index in [4.69, 9.17) is 22.9 Å². The molecule has 7 nitrogen and oxygen atoms in total. The Labute approximate surface area is 231 Å². The predicted molar refractivity (Wildman–Crippen MR) is 152 cm³/mol. The Morgan fingerprint density at radius 1 is 1.08 bits per heavy atom. The van der Waals surface area contributed by atoms with Gasteiger partial charge in [-0.15, -0.1) is 0 Å². The Morgan fingerprint density at radius 3 is 2.29 bits per heavy atom. The molecule has 202 valence electrons. The van der Waals surface area contributed by atoms with Crippen LogP contribution in [0.1, 0.15) is 38.1 Å². The third-order valence-electron chi connectivity index (χ3n) is 8.66. The number of hydrogen-bond donors (Lipinski definition) is 2. The summed E-state index contributed by atoms with van der Waals surface area (Å²) < 4.78 is 6.35. The fourth-order valence-electron chi connectivity index (χ4n) is 6.66. The number of nitrogens with zero attached hydrogens (tertiary/aromatic N) is 3. The number of ether oxygens (including phenoxy) is 1. The third-order valence-corrected chi connectivity index (χ3v) is 8.96. The molecule has 1 aliphatic carbocycles. The first-order chi connectivity index (χ1) is 18.1. The lowest BCUT2D eigenvalue weighted by Gasteiger charge is -2.63. The zero-order chi connectivity index (χ0) is 27.1. The van der Waals surface area contributed by atoms with Crippen molar-refractivity contribution in [1.82, 2.24) is 15.5 Å². The maximum Gasteiger partial charge on any atom is 0.251 e. The molecule has 0 bridgehead atoms. The van der Waals surface area contributed by atoms with E-state index in [-0.39, 0.29) is 28.9 Å². The van der Waals surface area contributed by atoms with Crippen LogP contribution in [-0.2, 0) is 0 Å². The van der Waals surface area contributed by atoms with E-state index in [1.807, 2.05) is 12.1 Å². The standard InChI is InChI=1S/C30H38ClN5O2/c1-29(2)27(30(3,4)28(29)38-23-10-11-25(32-5)24(31)16-23)34-26(37)21-6-8-22(9-7-21)36-14-12-35(13-15-36)19-20-17-33-18-20/h6-11,16,20,27-28,33H,12-15,17-19H2,1-4H3,(H,34,37). The smallest absolute Gasteiger partial charge is 0.251 e. The van der Waals surface area contributed by atoms with Gasteiger partial charge in [-0.1, -0.05) is 45.4 Å². The molecule has 2 heterocycles. The second-order valence-corrected chi connectivity index (χ2v) is 12.5. The van der Waals surface area contributed by atoms with Crippen molar-refractivity contribution < 1.29 is 9.53 Å². The van der Waals surface area contributed by atoms with Gasteiger partial charge in [0.1, 0.15) is 11.9 Å². The van der Waals surface area contributed by atoms with E-state index in [0.717, 1.165) is 45.2 Å². The highest BCUT2D eigenvalue weighted by Gasteiger charge is 2.64. The highest BCUT2D eigenvalue weighted by Crippen LogP contribution is 2.55. The quantitative estimate of drug-likeness (QED) is 0.497. The maximum atomic E-state index is 13.2. The largest absolute Gasteiger partial charge is 0.489 e. The molecule has 38 heavy (non-hydrogen) atoms. The highest BCUT2D eigenvalue weighted by atomic mass is 35.5. The summed E-state index contributed by atoms with van der Waals surface area (Å²) >= 11 is 6.22. The van der Waals surface area contributed by atoms with Crippen LogP contribution in [0, 0.1) is 23.3 Å². The van der Waals surface area contributed by atoms with Gasteiger partial charge in [0.05, 0.1) is 11.6 Å². The number of halogens is 1. The number of carbonyl (C=O) groups is 1. The molecule has 2 saturated heterocycles. The van der Waals surface area contributed by atoms with Crippen LogP contribution in [0.3, 0.4) is 0 Å². The molecule has 3 fully saturated rings. The molecule has 5 rings (SSSR count). The zero-order valence-corrected chi connectivity index (χ0v) is 23.5. The summed E-state index contributed by atoms with van der Waals surface area (Å²) in [4.78, 5) is 21.6. The Kier molecular flexibility index (Phi) is 7.34. The Balaban J connectivity index is 1.17. The number of amides is 1. The number of nitrogens with one attached hydrogen (secondary N) is 2. The van der Waals surface area contributed by atoms with Gasteiger partial charge in [-0.3, -0.25) is 9.69 Å². The van der Waals surface area contributed by atoms with Crippen molar-refractivity contribution in [1.29, 1.82) is 0 Å². The SMILES string of the molecule is [C-]#[N+]c1ccc(OC2C(C)(C)C(NC(=O)c3ccc(N4CCN(CC5CNC5)CC4)cc3)C2(C)C)cc1Cl. The van der Waals surface area contributed by atoms with E-state index in [0.29, 0.717) is 22.0 Å². The van der Waals surface area contributed by atoms with Crippen molar-refractivity contribution in [2.75, 3.05) is 50.7 Å². The second kappa shape index (κ2) is 10.4. The molecule has 1 amide bonds. The summed E-state index contributed by atoms with van der Waals surface area (Å²) in [5.74, 6) is 1.38. The Morgan fingerprint density at radius 2 is 1.74 bits per heavy atom. The fourth-order valence-corrected chi connectivity index (χ4v) is 6.87. The zero-order valence-electron chi connectivity index (χ0n) is 22.8. The van der Waals surface area contributed by atoms with Crippen molar-refractivity contribution in [3.8, 4) is 5.75 Å². The van der Waals surface area contributed by atoms with Crippen molar-refractivity contribution in [2.24, 2.45) is 16.7 Å². The molecule has 8 heteroatoms. The Bertz CT molecular complexity index is 1190. The summed E-state index contributed by atoms with van der Waals surface area (Å²) in [7, 11) is 0. The maximum absolute atomic E-state index is 13.2. The predicted octanol–water partition coefficient (Wildman–Crippen LogP) is 4.84. The summed E-state index contributed by atoms with van der Waals surface area (Å²) in [5, 5.41) is 7.02. The lowest BCUT2D eigenvalue weighted by molar-refractivity contribution is -0.164. The number of rotatable bonds is 7. The first-order valence-electron chi connectivity index (χ1n) is 13.5. The molecule has 0 radical (unpaired) electrons. The van der Waals surface area contributed by atoms with Crippen LogP contribution in [0.5, 0.6) is 5.75 Å². The normalized spacial score (nSPS) is 24.6. The number of piperazine rings is 1. The van der Waals surface area contributed by atoms with E-state index in [2.05, 4.69) is 65.1 Å². The molecule has 2 N–H and O–H groups in total. The molecule has 2 aliphatic heterocycles. The Hall–Kier alpha value is -2.79. The van der Waals surface area contributed by atoms with E-state index in [1.165, 1.54) is 12.2 Å². The second-order valence-electron chi connectivity index (χ2n) is 12.1. The number of benzene rings is 2. The minimum atomic E-state index is -0.292. The molecule has 0 spiro atoms.